The molecule has 3 N–H and O–H groups in total. The van der Waals surface area contributed by atoms with Crippen molar-refractivity contribution < 1.29 is 14.7 Å². The molecule has 2 amide bonds. The molecule has 0 saturated carbocycles. The Labute approximate surface area is 162 Å². The molecule has 2 aromatic carbocycles. The first-order valence-electron chi connectivity index (χ1n) is 8.12. The molecular formula is C19H21ClN2O3S. The van der Waals surface area contributed by atoms with Crippen LogP contribution in [0.15, 0.2) is 48.5 Å². The highest BCUT2D eigenvalue weighted by Gasteiger charge is 2.22. The van der Waals surface area contributed by atoms with Gasteiger partial charge in [0.25, 0.3) is 5.91 Å². The monoisotopic (exact) mass is 392 g/mol. The molecule has 0 saturated heterocycles. The van der Waals surface area contributed by atoms with Crippen molar-refractivity contribution in [2.45, 2.75) is 19.0 Å². The molecule has 0 aliphatic rings. The number of amides is 2. The van der Waals surface area contributed by atoms with Crippen LogP contribution in [-0.4, -0.2) is 35.0 Å². The minimum atomic E-state index is -0.683. The van der Waals surface area contributed by atoms with Gasteiger partial charge < -0.3 is 15.7 Å². The average molecular weight is 393 g/mol. The second-order valence-corrected chi connectivity index (χ2v) is 7.03. The van der Waals surface area contributed by atoms with Crippen LogP contribution in [0.1, 0.15) is 22.3 Å². The van der Waals surface area contributed by atoms with Gasteiger partial charge in [-0.1, -0.05) is 41.9 Å². The van der Waals surface area contributed by atoms with E-state index >= 15 is 0 Å². The number of phenols is 1. The quantitative estimate of drug-likeness (QED) is 0.644. The van der Waals surface area contributed by atoms with E-state index in [1.54, 1.807) is 60.3 Å². The molecule has 138 valence electrons. The third kappa shape index (κ3) is 5.68. The van der Waals surface area contributed by atoms with E-state index < -0.39 is 6.04 Å². The fourth-order valence-electron chi connectivity index (χ4n) is 2.35. The molecule has 0 aliphatic carbocycles. The molecule has 0 aliphatic heterocycles. The Morgan fingerprint density at radius 2 is 1.85 bits per heavy atom. The summed E-state index contributed by atoms with van der Waals surface area (Å²) >= 11 is 7.64. The van der Waals surface area contributed by atoms with Crippen LogP contribution in [0.5, 0.6) is 5.75 Å². The first-order chi connectivity index (χ1) is 12.5. The Hall–Kier alpha value is -2.18. The fraction of sp³-hybridized carbons (Fsp3) is 0.263. The maximum Gasteiger partial charge on any atom is 0.253 e. The number of nitrogens with one attached hydrogen (secondary N) is 2. The Bertz CT molecular complexity index is 770. The highest BCUT2D eigenvalue weighted by atomic mass is 35.5. The van der Waals surface area contributed by atoms with Crippen LogP contribution in [0.2, 0.25) is 5.02 Å². The van der Waals surface area contributed by atoms with Gasteiger partial charge in [-0.05, 0) is 36.6 Å². The topological polar surface area (TPSA) is 78.4 Å². The number of hydrogen-bond acceptors (Lipinski definition) is 4. The van der Waals surface area contributed by atoms with Crippen LogP contribution in [0.4, 0.5) is 0 Å². The van der Waals surface area contributed by atoms with Gasteiger partial charge in [0.05, 0.1) is 10.6 Å². The van der Waals surface area contributed by atoms with Crippen molar-refractivity contribution in [1.82, 2.24) is 10.6 Å². The second-order valence-electron chi connectivity index (χ2n) is 5.63. The van der Waals surface area contributed by atoms with Gasteiger partial charge in [0.1, 0.15) is 11.8 Å². The standard InChI is InChI=1S/C19H21ClN2O3S/c1-26-11-10-16(22-18(24)14-7-3-4-8-15(14)20)19(25)21-12-13-6-2-5-9-17(13)23/h2-9,16,23H,10-12H2,1H3,(H,21,25)(H,22,24). The van der Waals surface area contributed by atoms with E-state index in [-0.39, 0.29) is 24.1 Å². The van der Waals surface area contributed by atoms with Crippen molar-refractivity contribution in [3.63, 3.8) is 0 Å². The molecule has 0 aromatic heterocycles. The first-order valence-corrected chi connectivity index (χ1v) is 9.89. The Morgan fingerprint density at radius 3 is 2.54 bits per heavy atom. The summed E-state index contributed by atoms with van der Waals surface area (Å²) in [7, 11) is 0. The summed E-state index contributed by atoms with van der Waals surface area (Å²) in [6, 6.07) is 12.8. The zero-order valence-corrected chi connectivity index (χ0v) is 15.9. The molecule has 0 radical (unpaired) electrons. The van der Waals surface area contributed by atoms with Crippen LogP contribution in [0.3, 0.4) is 0 Å². The van der Waals surface area contributed by atoms with Crippen LogP contribution < -0.4 is 10.6 Å². The molecule has 1 atom stereocenters. The van der Waals surface area contributed by atoms with Crippen LogP contribution >= 0.6 is 23.4 Å². The first kappa shape index (κ1) is 20.1. The van der Waals surface area contributed by atoms with Gasteiger partial charge in [0.15, 0.2) is 0 Å². The van der Waals surface area contributed by atoms with Gasteiger partial charge in [-0.2, -0.15) is 11.8 Å². The minimum absolute atomic E-state index is 0.119. The number of rotatable bonds is 8. The number of halogens is 1. The maximum atomic E-state index is 12.5. The summed E-state index contributed by atoms with van der Waals surface area (Å²) in [5.41, 5.74) is 0.943. The van der Waals surface area contributed by atoms with Crippen molar-refractivity contribution in [3.05, 3.63) is 64.7 Å². The maximum absolute atomic E-state index is 12.5. The molecule has 2 rings (SSSR count). The lowest BCUT2D eigenvalue weighted by molar-refractivity contribution is -0.123. The van der Waals surface area contributed by atoms with Crippen molar-refractivity contribution >= 4 is 35.2 Å². The van der Waals surface area contributed by atoms with Crippen LogP contribution in [0, 0.1) is 0 Å². The molecule has 26 heavy (non-hydrogen) atoms. The van der Waals surface area contributed by atoms with Gasteiger partial charge in [-0.15, -0.1) is 0 Å². The van der Waals surface area contributed by atoms with Crippen molar-refractivity contribution in [2.24, 2.45) is 0 Å². The normalized spacial score (nSPS) is 11.6. The molecule has 0 fully saturated rings. The number of benzene rings is 2. The van der Waals surface area contributed by atoms with Crippen LogP contribution in [0.25, 0.3) is 0 Å². The second kappa shape index (κ2) is 10.1. The van der Waals surface area contributed by atoms with Crippen molar-refractivity contribution in [3.8, 4) is 5.75 Å². The predicted octanol–water partition coefficient (Wildman–Crippen LogP) is 3.21. The van der Waals surface area contributed by atoms with E-state index in [4.69, 9.17) is 11.6 Å². The molecule has 0 spiro atoms. The predicted molar refractivity (Wildman–Crippen MR) is 106 cm³/mol. The van der Waals surface area contributed by atoms with E-state index in [1.807, 2.05) is 6.26 Å². The number of carbonyl (C=O) groups is 2. The smallest absolute Gasteiger partial charge is 0.253 e. The summed E-state index contributed by atoms with van der Waals surface area (Å²) in [6.07, 6.45) is 2.43. The van der Waals surface area contributed by atoms with Crippen molar-refractivity contribution in [1.29, 1.82) is 0 Å². The Morgan fingerprint density at radius 1 is 1.15 bits per heavy atom. The number of thioether (sulfide) groups is 1. The molecule has 5 nitrogen and oxygen atoms in total. The SMILES string of the molecule is CSCCC(NC(=O)c1ccccc1Cl)C(=O)NCc1ccccc1O. The van der Waals surface area contributed by atoms with Gasteiger partial charge in [0, 0.05) is 12.1 Å². The number of para-hydroxylation sites is 1. The highest BCUT2D eigenvalue weighted by molar-refractivity contribution is 7.98. The molecular weight excluding hydrogens is 372 g/mol. The van der Waals surface area contributed by atoms with Gasteiger partial charge in [0.2, 0.25) is 5.91 Å². The van der Waals surface area contributed by atoms with E-state index in [1.165, 1.54) is 0 Å². The summed E-state index contributed by atoms with van der Waals surface area (Å²) in [6.45, 7) is 0.184. The van der Waals surface area contributed by atoms with E-state index in [9.17, 15) is 14.7 Å². The summed E-state index contributed by atoms with van der Waals surface area (Å²) in [5.74, 6) is 0.146. The number of carbonyl (C=O) groups excluding carboxylic acids is 2. The summed E-state index contributed by atoms with van der Waals surface area (Å²) in [4.78, 5) is 25.0. The molecule has 0 bridgehead atoms. The third-order valence-electron chi connectivity index (χ3n) is 3.80. The van der Waals surface area contributed by atoms with Crippen molar-refractivity contribution in [2.75, 3.05) is 12.0 Å². The van der Waals surface area contributed by atoms with E-state index in [0.29, 0.717) is 22.6 Å². The minimum Gasteiger partial charge on any atom is -0.508 e. The molecule has 0 heterocycles. The van der Waals surface area contributed by atoms with Gasteiger partial charge >= 0.3 is 0 Å². The van der Waals surface area contributed by atoms with E-state index in [0.717, 1.165) is 5.75 Å². The fourth-order valence-corrected chi connectivity index (χ4v) is 3.04. The molecule has 7 heteroatoms. The Kier molecular flexibility index (Phi) is 7.81. The van der Waals surface area contributed by atoms with E-state index in [2.05, 4.69) is 10.6 Å². The average Bonchev–Trinajstić information content (AvgIpc) is 2.64. The zero-order chi connectivity index (χ0) is 18.9. The number of phenolic OH excluding ortho intramolecular Hbond substituents is 1. The summed E-state index contributed by atoms with van der Waals surface area (Å²) in [5, 5.41) is 15.6. The lowest BCUT2D eigenvalue weighted by Gasteiger charge is -2.19. The summed E-state index contributed by atoms with van der Waals surface area (Å²) < 4.78 is 0. The number of hydrogen-bond donors (Lipinski definition) is 3. The third-order valence-corrected chi connectivity index (χ3v) is 4.77. The number of aromatic hydroxyl groups is 1. The highest BCUT2D eigenvalue weighted by Crippen LogP contribution is 2.16. The van der Waals surface area contributed by atoms with Crippen LogP contribution in [-0.2, 0) is 11.3 Å². The van der Waals surface area contributed by atoms with Gasteiger partial charge in [-0.25, -0.2) is 0 Å². The Balaban J connectivity index is 2.03. The lowest BCUT2D eigenvalue weighted by Crippen LogP contribution is -2.47. The molecule has 2 aromatic rings. The molecule has 1 unspecified atom stereocenters. The largest absolute Gasteiger partial charge is 0.508 e. The zero-order valence-electron chi connectivity index (χ0n) is 14.4. The lowest BCUT2D eigenvalue weighted by atomic mass is 10.1. The van der Waals surface area contributed by atoms with Gasteiger partial charge in [-0.3, -0.25) is 9.59 Å².